The van der Waals surface area contributed by atoms with Crippen LogP contribution in [0.5, 0.6) is 0 Å². The van der Waals surface area contributed by atoms with Crippen LogP contribution >= 0.6 is 0 Å². The highest BCUT2D eigenvalue weighted by atomic mass is 16.3. The van der Waals surface area contributed by atoms with Crippen molar-refractivity contribution in [2.75, 3.05) is 0 Å². The Balaban J connectivity index is 1.45. The fraction of sp³-hybridized carbons (Fsp3) is 0.182. The number of benzene rings is 3. The van der Waals surface area contributed by atoms with Crippen molar-refractivity contribution in [1.82, 2.24) is 5.32 Å². The van der Waals surface area contributed by atoms with Crippen LogP contribution in [-0.2, 0) is 13.0 Å². The van der Waals surface area contributed by atoms with Crippen LogP contribution in [-0.4, -0.2) is 11.2 Å². The summed E-state index contributed by atoms with van der Waals surface area (Å²) in [4.78, 5) is 0. The molecule has 0 aliphatic heterocycles. The van der Waals surface area contributed by atoms with E-state index in [1.165, 1.54) is 27.8 Å². The first kappa shape index (κ1) is 15.1. The molecule has 0 amide bonds. The van der Waals surface area contributed by atoms with Crippen LogP contribution in [0.3, 0.4) is 0 Å². The SMILES string of the molecule is O[C@H]1Cc2ccccc2[C@H]1NCc1ccc(-c2ccccc2)cc1. The van der Waals surface area contributed by atoms with E-state index in [9.17, 15) is 5.11 Å². The lowest BCUT2D eigenvalue weighted by Gasteiger charge is -2.18. The second-order valence-electron chi connectivity index (χ2n) is 6.39. The minimum absolute atomic E-state index is 0.0231. The van der Waals surface area contributed by atoms with Crippen molar-refractivity contribution in [2.24, 2.45) is 0 Å². The maximum absolute atomic E-state index is 10.3. The van der Waals surface area contributed by atoms with Gasteiger partial charge in [-0.05, 0) is 27.8 Å². The summed E-state index contributed by atoms with van der Waals surface area (Å²) in [5, 5.41) is 13.8. The van der Waals surface area contributed by atoms with E-state index >= 15 is 0 Å². The summed E-state index contributed by atoms with van der Waals surface area (Å²) in [5.74, 6) is 0. The molecule has 2 nitrogen and oxygen atoms in total. The van der Waals surface area contributed by atoms with E-state index in [1.807, 2.05) is 18.2 Å². The lowest BCUT2D eigenvalue weighted by Crippen LogP contribution is -2.28. The highest BCUT2D eigenvalue weighted by Crippen LogP contribution is 2.31. The maximum atomic E-state index is 10.3. The largest absolute Gasteiger partial charge is 0.391 e. The number of hydrogen-bond donors (Lipinski definition) is 2. The van der Waals surface area contributed by atoms with Crippen molar-refractivity contribution >= 4 is 0 Å². The van der Waals surface area contributed by atoms with Crippen LogP contribution in [0.25, 0.3) is 11.1 Å². The molecule has 0 spiro atoms. The summed E-state index contributed by atoms with van der Waals surface area (Å²) < 4.78 is 0. The summed E-state index contributed by atoms with van der Waals surface area (Å²) in [6.45, 7) is 0.755. The van der Waals surface area contributed by atoms with E-state index < -0.39 is 0 Å². The van der Waals surface area contributed by atoms with Gasteiger partial charge < -0.3 is 10.4 Å². The van der Waals surface area contributed by atoms with Gasteiger partial charge in [0.1, 0.15) is 0 Å². The highest BCUT2D eigenvalue weighted by molar-refractivity contribution is 5.63. The Morgan fingerprint density at radius 1 is 0.792 bits per heavy atom. The summed E-state index contributed by atoms with van der Waals surface area (Å²) >= 11 is 0. The lowest BCUT2D eigenvalue weighted by molar-refractivity contribution is 0.140. The van der Waals surface area contributed by atoms with Gasteiger partial charge in [-0.1, -0.05) is 78.9 Å². The van der Waals surface area contributed by atoms with Crippen molar-refractivity contribution in [3.05, 3.63) is 95.6 Å². The first-order valence-corrected chi connectivity index (χ1v) is 8.45. The maximum Gasteiger partial charge on any atom is 0.0775 e. The average molecular weight is 315 g/mol. The second-order valence-corrected chi connectivity index (χ2v) is 6.39. The topological polar surface area (TPSA) is 32.3 Å². The molecule has 24 heavy (non-hydrogen) atoms. The Labute approximate surface area is 142 Å². The molecule has 0 aromatic heterocycles. The minimum atomic E-state index is -0.342. The minimum Gasteiger partial charge on any atom is -0.391 e. The molecule has 0 heterocycles. The number of fused-ring (bicyclic) bond motifs is 1. The van der Waals surface area contributed by atoms with Crippen LogP contribution in [0.4, 0.5) is 0 Å². The van der Waals surface area contributed by atoms with E-state index in [4.69, 9.17) is 0 Å². The predicted molar refractivity (Wildman–Crippen MR) is 97.6 cm³/mol. The number of hydrogen-bond acceptors (Lipinski definition) is 2. The van der Waals surface area contributed by atoms with Crippen LogP contribution in [0.15, 0.2) is 78.9 Å². The summed E-state index contributed by atoms with van der Waals surface area (Å²) in [7, 11) is 0. The molecule has 0 fully saturated rings. The van der Waals surface area contributed by atoms with Gasteiger partial charge in [0, 0.05) is 13.0 Å². The van der Waals surface area contributed by atoms with Crippen LogP contribution in [0.1, 0.15) is 22.7 Å². The first-order chi connectivity index (χ1) is 11.8. The second kappa shape index (κ2) is 6.60. The Bertz CT molecular complexity index is 811. The van der Waals surface area contributed by atoms with Crippen molar-refractivity contribution < 1.29 is 5.11 Å². The normalized spacial score (nSPS) is 19.2. The summed E-state index contributed by atoms with van der Waals surface area (Å²) in [5.41, 5.74) is 6.17. The Hall–Kier alpha value is -2.42. The molecule has 3 aromatic carbocycles. The molecule has 1 aliphatic carbocycles. The molecular weight excluding hydrogens is 294 g/mol. The molecule has 0 saturated heterocycles. The highest BCUT2D eigenvalue weighted by Gasteiger charge is 2.29. The number of rotatable bonds is 4. The number of nitrogens with one attached hydrogen (secondary N) is 1. The molecule has 4 rings (SSSR count). The van der Waals surface area contributed by atoms with Gasteiger partial charge in [-0.2, -0.15) is 0 Å². The Morgan fingerprint density at radius 3 is 2.25 bits per heavy atom. The zero-order chi connectivity index (χ0) is 16.4. The fourth-order valence-electron chi connectivity index (χ4n) is 3.49. The average Bonchev–Trinajstić information content (AvgIpc) is 2.96. The molecular formula is C22H21NO. The third-order valence-electron chi connectivity index (χ3n) is 4.79. The Kier molecular flexibility index (Phi) is 4.16. The van der Waals surface area contributed by atoms with Crippen molar-refractivity contribution in [3.8, 4) is 11.1 Å². The van der Waals surface area contributed by atoms with E-state index in [0.717, 1.165) is 13.0 Å². The van der Waals surface area contributed by atoms with Crippen molar-refractivity contribution in [3.63, 3.8) is 0 Å². The molecule has 3 aromatic rings. The zero-order valence-electron chi connectivity index (χ0n) is 13.5. The zero-order valence-corrected chi connectivity index (χ0v) is 13.5. The lowest BCUT2D eigenvalue weighted by atomic mass is 10.0. The standard InChI is InChI=1S/C22H21NO/c24-21-14-19-8-4-5-9-20(19)22(21)23-15-16-10-12-18(13-11-16)17-6-2-1-3-7-17/h1-13,21-24H,14-15H2/t21-,22+/m0/s1. The van der Waals surface area contributed by atoms with Crippen molar-refractivity contribution in [2.45, 2.75) is 25.1 Å². The molecule has 0 bridgehead atoms. The molecule has 0 radical (unpaired) electrons. The summed E-state index contributed by atoms with van der Waals surface area (Å²) in [6.07, 6.45) is 0.395. The summed E-state index contributed by atoms with van der Waals surface area (Å²) in [6, 6.07) is 27.3. The quantitative estimate of drug-likeness (QED) is 0.759. The van der Waals surface area contributed by atoms with Crippen LogP contribution < -0.4 is 5.32 Å². The third kappa shape index (κ3) is 2.99. The van der Waals surface area contributed by atoms with E-state index in [1.54, 1.807) is 0 Å². The van der Waals surface area contributed by atoms with Gasteiger partial charge in [-0.15, -0.1) is 0 Å². The van der Waals surface area contributed by atoms with Crippen LogP contribution in [0.2, 0.25) is 0 Å². The molecule has 2 heteroatoms. The Morgan fingerprint density at radius 2 is 1.46 bits per heavy atom. The van der Waals surface area contributed by atoms with Crippen molar-refractivity contribution in [1.29, 1.82) is 0 Å². The number of aliphatic hydroxyl groups excluding tert-OH is 1. The van der Waals surface area contributed by atoms with Crippen LogP contribution in [0, 0.1) is 0 Å². The molecule has 120 valence electrons. The van der Waals surface area contributed by atoms with Gasteiger partial charge in [-0.3, -0.25) is 0 Å². The molecule has 2 atom stereocenters. The van der Waals surface area contributed by atoms with Gasteiger partial charge in [0.25, 0.3) is 0 Å². The predicted octanol–water partition coefficient (Wildman–Crippen LogP) is 4.10. The molecule has 2 N–H and O–H groups in total. The van der Waals surface area contributed by atoms with Gasteiger partial charge >= 0.3 is 0 Å². The monoisotopic (exact) mass is 315 g/mol. The van der Waals surface area contributed by atoms with E-state index in [2.05, 4.69) is 66.0 Å². The van der Waals surface area contributed by atoms with Gasteiger partial charge in [0.15, 0.2) is 0 Å². The van der Waals surface area contributed by atoms with E-state index in [0.29, 0.717) is 0 Å². The smallest absolute Gasteiger partial charge is 0.0775 e. The molecule has 0 saturated carbocycles. The van der Waals surface area contributed by atoms with Gasteiger partial charge in [0.05, 0.1) is 12.1 Å². The first-order valence-electron chi connectivity index (χ1n) is 8.45. The molecule has 0 unspecified atom stereocenters. The van der Waals surface area contributed by atoms with E-state index in [-0.39, 0.29) is 12.1 Å². The fourth-order valence-corrected chi connectivity index (χ4v) is 3.49. The molecule has 1 aliphatic rings. The third-order valence-corrected chi connectivity index (χ3v) is 4.79. The van der Waals surface area contributed by atoms with Gasteiger partial charge in [-0.25, -0.2) is 0 Å². The number of aliphatic hydroxyl groups is 1. The van der Waals surface area contributed by atoms with Gasteiger partial charge in [0.2, 0.25) is 0 Å².